The molecule has 5 nitrogen and oxygen atoms in total. The molecule has 0 saturated carbocycles. The summed E-state index contributed by atoms with van der Waals surface area (Å²) in [4.78, 5) is 9.39. The van der Waals surface area contributed by atoms with Gasteiger partial charge in [0.05, 0.1) is 6.26 Å². The maximum Gasteiger partial charge on any atom is 0.194 e. The van der Waals surface area contributed by atoms with Crippen molar-refractivity contribution in [2.45, 2.75) is 19.9 Å². The van der Waals surface area contributed by atoms with E-state index in [2.05, 4.69) is 22.0 Å². The molecule has 1 saturated heterocycles. The Labute approximate surface area is 154 Å². The summed E-state index contributed by atoms with van der Waals surface area (Å²) in [5.74, 6) is 1.76. The van der Waals surface area contributed by atoms with Crippen molar-refractivity contribution in [1.82, 2.24) is 15.1 Å². The van der Waals surface area contributed by atoms with E-state index in [-0.39, 0.29) is 5.82 Å². The molecule has 26 heavy (non-hydrogen) atoms. The molecule has 1 N–H and O–H groups in total. The Kier molecular flexibility index (Phi) is 6.66. The summed E-state index contributed by atoms with van der Waals surface area (Å²) in [6.07, 6.45) is 2.50. The fraction of sp³-hybridized carbons (Fsp3) is 0.450. The van der Waals surface area contributed by atoms with E-state index < -0.39 is 0 Å². The van der Waals surface area contributed by atoms with Gasteiger partial charge < -0.3 is 14.6 Å². The third-order valence-electron chi connectivity index (χ3n) is 4.50. The number of hydrogen-bond donors (Lipinski definition) is 1. The lowest BCUT2D eigenvalue weighted by Gasteiger charge is -2.36. The summed E-state index contributed by atoms with van der Waals surface area (Å²) >= 11 is 0. The number of piperazine rings is 1. The molecule has 0 spiro atoms. The molecule has 0 radical (unpaired) electrons. The summed E-state index contributed by atoms with van der Waals surface area (Å²) in [5.41, 5.74) is 1.03. The molecular formula is C20H27FN4O. The third-order valence-corrected chi connectivity index (χ3v) is 4.50. The second-order valence-electron chi connectivity index (χ2n) is 6.46. The van der Waals surface area contributed by atoms with Crippen molar-refractivity contribution in [2.75, 3.05) is 39.3 Å². The highest BCUT2D eigenvalue weighted by atomic mass is 19.1. The molecule has 140 valence electrons. The highest BCUT2D eigenvalue weighted by Crippen LogP contribution is 2.10. The van der Waals surface area contributed by atoms with Gasteiger partial charge in [-0.15, -0.1) is 0 Å². The van der Waals surface area contributed by atoms with Gasteiger partial charge in [-0.25, -0.2) is 4.39 Å². The molecular weight excluding hydrogens is 331 g/mol. The first-order chi connectivity index (χ1) is 12.7. The fourth-order valence-electron chi connectivity index (χ4n) is 3.16. The van der Waals surface area contributed by atoms with Crippen LogP contribution in [0.25, 0.3) is 0 Å². The van der Waals surface area contributed by atoms with E-state index in [1.165, 1.54) is 6.07 Å². The lowest BCUT2D eigenvalue weighted by atomic mass is 10.2. The van der Waals surface area contributed by atoms with Gasteiger partial charge in [-0.3, -0.25) is 9.89 Å². The van der Waals surface area contributed by atoms with Crippen LogP contribution >= 0.6 is 0 Å². The van der Waals surface area contributed by atoms with Gasteiger partial charge in [-0.05, 0) is 36.8 Å². The smallest absolute Gasteiger partial charge is 0.194 e. The monoisotopic (exact) mass is 358 g/mol. The Morgan fingerprint density at radius 3 is 2.73 bits per heavy atom. The zero-order chi connectivity index (χ0) is 18.2. The van der Waals surface area contributed by atoms with Crippen molar-refractivity contribution in [2.24, 2.45) is 4.99 Å². The normalized spacial score (nSPS) is 16.1. The molecule has 1 aliphatic heterocycles. The first kappa shape index (κ1) is 18.5. The molecule has 0 amide bonds. The maximum absolute atomic E-state index is 13.3. The molecule has 0 unspecified atom stereocenters. The van der Waals surface area contributed by atoms with E-state index in [0.717, 1.165) is 63.0 Å². The average Bonchev–Trinajstić information content (AvgIpc) is 3.15. The van der Waals surface area contributed by atoms with Gasteiger partial charge in [0.25, 0.3) is 0 Å². The quantitative estimate of drug-likeness (QED) is 0.637. The van der Waals surface area contributed by atoms with Crippen molar-refractivity contribution in [3.63, 3.8) is 0 Å². The summed E-state index contributed by atoms with van der Waals surface area (Å²) in [5, 5.41) is 3.38. The van der Waals surface area contributed by atoms with Gasteiger partial charge in [0.15, 0.2) is 5.96 Å². The lowest BCUT2D eigenvalue weighted by molar-refractivity contribution is 0.172. The highest BCUT2D eigenvalue weighted by molar-refractivity contribution is 5.80. The number of furan rings is 1. The van der Waals surface area contributed by atoms with E-state index in [1.54, 1.807) is 18.4 Å². The molecule has 6 heteroatoms. The van der Waals surface area contributed by atoms with Crippen LogP contribution in [-0.2, 0) is 13.0 Å². The number of benzene rings is 1. The lowest BCUT2D eigenvalue weighted by Crippen LogP contribution is -2.52. The van der Waals surface area contributed by atoms with E-state index in [0.29, 0.717) is 6.54 Å². The third kappa shape index (κ3) is 5.33. The molecule has 1 aromatic heterocycles. The molecule has 0 bridgehead atoms. The molecule has 0 atom stereocenters. The summed E-state index contributed by atoms with van der Waals surface area (Å²) < 4.78 is 18.7. The zero-order valence-corrected chi connectivity index (χ0v) is 15.3. The largest absolute Gasteiger partial charge is 0.469 e. The van der Waals surface area contributed by atoms with E-state index in [4.69, 9.17) is 9.41 Å². The minimum atomic E-state index is -0.167. The number of nitrogens with one attached hydrogen (secondary N) is 1. The van der Waals surface area contributed by atoms with Crippen LogP contribution in [0.2, 0.25) is 0 Å². The van der Waals surface area contributed by atoms with E-state index >= 15 is 0 Å². The number of halogens is 1. The number of guanidine groups is 1. The summed E-state index contributed by atoms with van der Waals surface area (Å²) in [6.45, 7) is 8.16. The minimum Gasteiger partial charge on any atom is -0.469 e. The van der Waals surface area contributed by atoms with E-state index in [9.17, 15) is 4.39 Å². The number of hydrogen-bond acceptors (Lipinski definition) is 3. The Bertz CT molecular complexity index is 694. The zero-order valence-electron chi connectivity index (χ0n) is 15.3. The van der Waals surface area contributed by atoms with Gasteiger partial charge >= 0.3 is 0 Å². The molecule has 1 aliphatic rings. The second-order valence-corrected chi connectivity index (χ2v) is 6.46. The minimum absolute atomic E-state index is 0.167. The Balaban J connectivity index is 1.50. The molecule has 0 aliphatic carbocycles. The fourth-order valence-corrected chi connectivity index (χ4v) is 3.16. The first-order valence-corrected chi connectivity index (χ1v) is 9.27. The highest BCUT2D eigenvalue weighted by Gasteiger charge is 2.19. The van der Waals surface area contributed by atoms with Gasteiger partial charge in [0.2, 0.25) is 0 Å². The number of nitrogens with zero attached hydrogens (tertiary/aromatic N) is 3. The van der Waals surface area contributed by atoms with Gasteiger partial charge in [0, 0.05) is 52.2 Å². The van der Waals surface area contributed by atoms with Crippen LogP contribution in [0.3, 0.4) is 0 Å². The van der Waals surface area contributed by atoms with Crippen LogP contribution in [0, 0.1) is 5.82 Å². The maximum atomic E-state index is 13.3. The predicted octanol–water partition coefficient (Wildman–Crippen LogP) is 2.74. The number of aliphatic imine (C=N–C) groups is 1. The van der Waals surface area contributed by atoms with Gasteiger partial charge in [-0.2, -0.15) is 0 Å². The van der Waals surface area contributed by atoms with Crippen LogP contribution in [0.1, 0.15) is 18.2 Å². The SMILES string of the molecule is CCNC(=NCCc1ccco1)N1CCN(Cc2cccc(F)c2)CC1. The van der Waals surface area contributed by atoms with Crippen molar-refractivity contribution in [3.05, 3.63) is 59.8 Å². The summed E-state index contributed by atoms with van der Waals surface area (Å²) in [6, 6.07) is 10.7. The molecule has 1 fully saturated rings. The Morgan fingerprint density at radius 2 is 2.04 bits per heavy atom. The van der Waals surface area contributed by atoms with Crippen LogP contribution in [-0.4, -0.2) is 55.0 Å². The second kappa shape index (κ2) is 9.38. The van der Waals surface area contributed by atoms with Crippen LogP contribution in [0.15, 0.2) is 52.1 Å². The standard InChI is InChI=1S/C20H27FN4O/c1-2-22-20(23-9-8-19-7-4-14-26-19)25-12-10-24(11-13-25)16-17-5-3-6-18(21)15-17/h3-7,14-15H,2,8-13,16H2,1H3,(H,22,23). The van der Waals surface area contributed by atoms with Crippen molar-refractivity contribution in [1.29, 1.82) is 0 Å². The van der Waals surface area contributed by atoms with Gasteiger partial charge in [-0.1, -0.05) is 12.1 Å². The number of rotatable bonds is 6. The predicted molar refractivity (Wildman–Crippen MR) is 102 cm³/mol. The van der Waals surface area contributed by atoms with Crippen molar-refractivity contribution >= 4 is 5.96 Å². The van der Waals surface area contributed by atoms with Crippen LogP contribution in [0.5, 0.6) is 0 Å². The molecule has 1 aromatic carbocycles. The van der Waals surface area contributed by atoms with Crippen molar-refractivity contribution < 1.29 is 8.81 Å². The van der Waals surface area contributed by atoms with Gasteiger partial charge in [0.1, 0.15) is 11.6 Å². The van der Waals surface area contributed by atoms with E-state index in [1.807, 2.05) is 18.2 Å². The average molecular weight is 358 g/mol. The topological polar surface area (TPSA) is 44.0 Å². The molecule has 2 aromatic rings. The van der Waals surface area contributed by atoms with Crippen LogP contribution < -0.4 is 5.32 Å². The Hall–Kier alpha value is -2.34. The Morgan fingerprint density at radius 1 is 1.19 bits per heavy atom. The molecule has 2 heterocycles. The molecule has 3 rings (SSSR count). The van der Waals surface area contributed by atoms with Crippen molar-refractivity contribution in [3.8, 4) is 0 Å². The first-order valence-electron chi connectivity index (χ1n) is 9.27. The summed E-state index contributed by atoms with van der Waals surface area (Å²) in [7, 11) is 0. The van der Waals surface area contributed by atoms with Crippen LogP contribution in [0.4, 0.5) is 4.39 Å².